The average molecular weight is 366 g/mol. The van der Waals surface area contributed by atoms with Crippen molar-refractivity contribution < 1.29 is 31.1 Å². The highest BCUT2D eigenvalue weighted by molar-refractivity contribution is 5.95. The summed E-state index contributed by atoms with van der Waals surface area (Å²) in [5.74, 6) is -0.882. The van der Waals surface area contributed by atoms with Crippen LogP contribution in [-0.2, 0) is 17.1 Å². The molecular formula is C16H16F6N2O. The molecule has 2 N–H and O–H groups in total. The number of benzene rings is 1. The summed E-state index contributed by atoms with van der Waals surface area (Å²) < 4.78 is 77.1. The number of piperidine rings is 1. The first kappa shape index (κ1) is 18.0. The van der Waals surface area contributed by atoms with Crippen LogP contribution in [-0.4, -0.2) is 19.0 Å². The van der Waals surface area contributed by atoms with Crippen LogP contribution >= 0.6 is 0 Å². The molecule has 1 amide bonds. The Morgan fingerprint density at radius 2 is 1.52 bits per heavy atom. The number of carbonyl (C=O) groups is 1. The Labute approximate surface area is 139 Å². The highest BCUT2D eigenvalue weighted by atomic mass is 19.4. The number of carbonyl (C=O) groups excluding carboxylic acids is 1. The van der Waals surface area contributed by atoms with E-state index in [0.717, 1.165) is 25.9 Å². The van der Waals surface area contributed by atoms with Gasteiger partial charge >= 0.3 is 12.4 Å². The number of nitrogens with one attached hydrogen (secondary N) is 2. The van der Waals surface area contributed by atoms with Crippen LogP contribution in [0.5, 0.6) is 0 Å². The van der Waals surface area contributed by atoms with Crippen molar-refractivity contribution in [2.75, 3.05) is 18.4 Å². The van der Waals surface area contributed by atoms with E-state index < -0.39 is 35.1 Å². The minimum Gasteiger partial charge on any atom is -0.326 e. The SMILES string of the molecule is O=C(Nc1cc(C(F)(F)F)cc(C(F)(F)F)c1)C1CC12CCNCC2. The van der Waals surface area contributed by atoms with Gasteiger partial charge in [0.15, 0.2) is 0 Å². The van der Waals surface area contributed by atoms with Crippen molar-refractivity contribution in [2.45, 2.75) is 31.6 Å². The normalized spacial score (nSPS) is 22.7. The van der Waals surface area contributed by atoms with Crippen LogP contribution in [0.3, 0.4) is 0 Å². The highest BCUT2D eigenvalue weighted by Gasteiger charge is 2.57. The maximum absolute atomic E-state index is 12.8. The Morgan fingerprint density at radius 1 is 1.00 bits per heavy atom. The molecular weight excluding hydrogens is 350 g/mol. The van der Waals surface area contributed by atoms with Crippen LogP contribution < -0.4 is 10.6 Å². The number of halogens is 6. The lowest BCUT2D eigenvalue weighted by molar-refractivity contribution is -0.143. The molecule has 0 radical (unpaired) electrons. The summed E-state index contributed by atoms with van der Waals surface area (Å²) in [5, 5.41) is 5.40. The van der Waals surface area contributed by atoms with Gasteiger partial charge in [-0.2, -0.15) is 26.3 Å². The third-order valence-corrected chi connectivity index (χ3v) is 4.96. The van der Waals surface area contributed by atoms with Gasteiger partial charge in [0.2, 0.25) is 5.91 Å². The average Bonchev–Trinajstić information content (AvgIpc) is 3.19. The van der Waals surface area contributed by atoms with E-state index in [-0.39, 0.29) is 17.4 Å². The fourth-order valence-electron chi connectivity index (χ4n) is 3.45. The van der Waals surface area contributed by atoms with Crippen molar-refractivity contribution in [2.24, 2.45) is 11.3 Å². The summed E-state index contributed by atoms with van der Waals surface area (Å²) >= 11 is 0. The molecule has 25 heavy (non-hydrogen) atoms. The van der Waals surface area contributed by atoms with Gasteiger partial charge in [0, 0.05) is 11.6 Å². The van der Waals surface area contributed by atoms with E-state index in [0.29, 0.717) is 18.6 Å². The lowest BCUT2D eigenvalue weighted by Gasteiger charge is -2.23. The van der Waals surface area contributed by atoms with Gasteiger partial charge in [-0.3, -0.25) is 4.79 Å². The van der Waals surface area contributed by atoms with E-state index in [1.54, 1.807) is 0 Å². The Hall–Kier alpha value is -1.77. The number of anilines is 1. The maximum Gasteiger partial charge on any atom is 0.416 e. The molecule has 0 aromatic heterocycles. The van der Waals surface area contributed by atoms with E-state index in [2.05, 4.69) is 10.6 Å². The summed E-state index contributed by atoms with van der Waals surface area (Å²) in [6.07, 6.45) is -7.69. The van der Waals surface area contributed by atoms with Gasteiger partial charge in [-0.1, -0.05) is 0 Å². The molecule has 9 heteroatoms. The second kappa shape index (κ2) is 5.89. The standard InChI is InChI=1S/C16H16F6N2O/c17-15(18,19)9-5-10(16(20,21)22)7-11(6-9)24-13(25)12-8-14(12)1-3-23-4-2-14/h5-7,12,23H,1-4,8H2,(H,24,25). The molecule has 1 heterocycles. The molecule has 1 atom stereocenters. The first-order valence-electron chi connectivity index (χ1n) is 7.82. The monoisotopic (exact) mass is 366 g/mol. The zero-order valence-corrected chi connectivity index (χ0v) is 13.0. The second-order valence-electron chi connectivity index (χ2n) is 6.65. The van der Waals surface area contributed by atoms with Crippen LogP contribution in [0.2, 0.25) is 0 Å². The second-order valence-corrected chi connectivity index (χ2v) is 6.65. The summed E-state index contributed by atoms with van der Waals surface area (Å²) in [7, 11) is 0. The predicted octanol–water partition coefficient (Wildman–Crippen LogP) is 4.05. The molecule has 3 rings (SSSR count). The lowest BCUT2D eigenvalue weighted by Crippen LogP contribution is -2.31. The van der Waals surface area contributed by atoms with Crippen molar-refractivity contribution >= 4 is 11.6 Å². The van der Waals surface area contributed by atoms with Crippen LogP contribution in [0.25, 0.3) is 0 Å². The van der Waals surface area contributed by atoms with Crippen LogP contribution in [0, 0.1) is 11.3 Å². The van der Waals surface area contributed by atoms with E-state index in [9.17, 15) is 31.1 Å². The molecule has 138 valence electrons. The summed E-state index contributed by atoms with van der Waals surface area (Å²) in [6.45, 7) is 1.51. The molecule has 1 aromatic rings. The molecule has 2 aliphatic rings. The Morgan fingerprint density at radius 3 is 2.00 bits per heavy atom. The molecule has 1 saturated carbocycles. The van der Waals surface area contributed by atoms with Crippen molar-refractivity contribution in [3.8, 4) is 0 Å². The van der Waals surface area contributed by atoms with Crippen molar-refractivity contribution in [3.63, 3.8) is 0 Å². The maximum atomic E-state index is 12.8. The van der Waals surface area contributed by atoms with Gasteiger partial charge in [0.1, 0.15) is 0 Å². The third-order valence-electron chi connectivity index (χ3n) is 4.96. The molecule has 0 bridgehead atoms. The molecule has 1 spiro atoms. The van der Waals surface area contributed by atoms with Gasteiger partial charge in [-0.15, -0.1) is 0 Å². The topological polar surface area (TPSA) is 41.1 Å². The molecule has 1 saturated heterocycles. The largest absolute Gasteiger partial charge is 0.416 e. The zero-order valence-electron chi connectivity index (χ0n) is 13.0. The van der Waals surface area contributed by atoms with Gasteiger partial charge in [-0.25, -0.2) is 0 Å². The summed E-state index contributed by atoms with van der Waals surface area (Å²) in [6, 6.07) is 1.11. The van der Waals surface area contributed by atoms with E-state index in [4.69, 9.17) is 0 Å². The molecule has 1 aliphatic heterocycles. The predicted molar refractivity (Wildman–Crippen MR) is 77.7 cm³/mol. The highest BCUT2D eigenvalue weighted by Crippen LogP contribution is 2.58. The van der Waals surface area contributed by atoms with Crippen molar-refractivity contribution in [1.29, 1.82) is 0 Å². The van der Waals surface area contributed by atoms with Gasteiger partial charge in [0.05, 0.1) is 11.1 Å². The summed E-state index contributed by atoms with van der Waals surface area (Å²) in [5.41, 5.74) is -3.53. The number of alkyl halides is 6. The minimum absolute atomic E-state index is 0.0427. The molecule has 3 nitrogen and oxygen atoms in total. The molecule has 1 aliphatic carbocycles. The Kier molecular flexibility index (Phi) is 4.25. The molecule has 1 unspecified atom stereocenters. The quantitative estimate of drug-likeness (QED) is 0.776. The molecule has 2 fully saturated rings. The van der Waals surface area contributed by atoms with Gasteiger partial charge in [0.25, 0.3) is 0 Å². The van der Waals surface area contributed by atoms with E-state index in [1.165, 1.54) is 0 Å². The first-order valence-corrected chi connectivity index (χ1v) is 7.82. The van der Waals surface area contributed by atoms with Gasteiger partial charge < -0.3 is 10.6 Å². The number of rotatable bonds is 2. The Balaban J connectivity index is 1.81. The Bertz CT molecular complexity index is 644. The zero-order chi connectivity index (χ0) is 18.5. The van der Waals surface area contributed by atoms with E-state index >= 15 is 0 Å². The van der Waals surface area contributed by atoms with Crippen LogP contribution in [0.15, 0.2) is 18.2 Å². The van der Waals surface area contributed by atoms with Gasteiger partial charge in [-0.05, 0) is 56.0 Å². The van der Waals surface area contributed by atoms with Crippen LogP contribution in [0.4, 0.5) is 32.0 Å². The fraction of sp³-hybridized carbons (Fsp3) is 0.562. The van der Waals surface area contributed by atoms with Crippen LogP contribution in [0.1, 0.15) is 30.4 Å². The van der Waals surface area contributed by atoms with Crippen molar-refractivity contribution in [3.05, 3.63) is 29.3 Å². The fourth-order valence-corrected chi connectivity index (χ4v) is 3.45. The summed E-state index contributed by atoms with van der Waals surface area (Å²) in [4.78, 5) is 12.3. The number of hydrogen-bond acceptors (Lipinski definition) is 2. The lowest BCUT2D eigenvalue weighted by atomic mass is 9.91. The number of hydrogen-bond donors (Lipinski definition) is 2. The smallest absolute Gasteiger partial charge is 0.326 e. The number of amides is 1. The molecule has 1 aromatic carbocycles. The first-order chi connectivity index (χ1) is 11.5. The van der Waals surface area contributed by atoms with E-state index in [1.807, 2.05) is 0 Å². The third kappa shape index (κ3) is 3.75. The minimum atomic E-state index is -4.93. The van der Waals surface area contributed by atoms with Crippen molar-refractivity contribution in [1.82, 2.24) is 5.32 Å².